The number of nitrogens with one attached hydrogen (secondary N) is 1. The van der Waals surface area contributed by atoms with E-state index in [4.69, 9.17) is 4.74 Å². The van der Waals surface area contributed by atoms with E-state index >= 15 is 0 Å². The van der Waals surface area contributed by atoms with Crippen molar-refractivity contribution in [1.29, 1.82) is 0 Å². The zero-order chi connectivity index (χ0) is 25.8. The highest BCUT2D eigenvalue weighted by atomic mass is 32.2. The molecule has 2 aromatic rings. The summed E-state index contributed by atoms with van der Waals surface area (Å²) < 4.78 is 69.5. The number of alkyl halides is 3. The van der Waals surface area contributed by atoms with E-state index in [1.807, 2.05) is 25.7 Å². The minimum Gasteiger partial charge on any atom is -0.460 e. The van der Waals surface area contributed by atoms with Gasteiger partial charge in [-0.2, -0.15) is 21.6 Å². The van der Waals surface area contributed by atoms with E-state index in [1.165, 1.54) is 12.1 Å². The predicted octanol–water partition coefficient (Wildman–Crippen LogP) is 5.33. The molecule has 1 N–H and O–H groups in total. The first-order valence-electron chi connectivity index (χ1n) is 10.9. The number of fused-ring (bicyclic) bond motifs is 1. The van der Waals surface area contributed by atoms with E-state index in [2.05, 4.69) is 20.4 Å². The molecule has 1 aliphatic rings. The summed E-state index contributed by atoms with van der Waals surface area (Å²) in [6, 6.07) is 2.89. The Labute approximate surface area is 204 Å². The van der Waals surface area contributed by atoms with Crippen molar-refractivity contribution in [3.8, 4) is 0 Å². The van der Waals surface area contributed by atoms with Gasteiger partial charge in [0.25, 0.3) is 5.13 Å². The Hall–Kier alpha value is -2.81. The second kappa shape index (κ2) is 10.8. The fraction of sp³-hybridized carbons (Fsp3) is 0.550. The molecule has 0 saturated carbocycles. The Balaban J connectivity index is 1.95. The standard InChI is InChI=1S/C20H25F3N6O4S2/c1-4-5-9-33-18(30)17-25-27-19(34-17)26-24-14-10-13-7-6-8-29(12(2)3)16(13)11-15(14)28-35(31,32)20(21,22)23/h10-12,28H,4-9H2,1-3H3. The number of aryl methyl sites for hydroxylation is 1. The average Bonchev–Trinajstić information content (AvgIpc) is 3.25. The van der Waals surface area contributed by atoms with Gasteiger partial charge in [-0.05, 0) is 50.8 Å². The van der Waals surface area contributed by atoms with E-state index in [0.29, 0.717) is 25.1 Å². The van der Waals surface area contributed by atoms with Crippen LogP contribution >= 0.6 is 11.3 Å². The van der Waals surface area contributed by atoms with E-state index < -0.39 is 21.5 Å². The highest BCUT2D eigenvalue weighted by Gasteiger charge is 2.46. The fourth-order valence-electron chi connectivity index (χ4n) is 3.36. The lowest BCUT2D eigenvalue weighted by Crippen LogP contribution is -2.35. The minimum atomic E-state index is -5.70. The SMILES string of the molecule is CCCCOC(=O)c1nnc(N=Nc2cc3c(cc2NS(=O)(=O)C(F)(F)F)N(C(C)C)CCC3)s1. The Morgan fingerprint density at radius 1 is 1.29 bits per heavy atom. The molecule has 0 aliphatic carbocycles. The zero-order valence-electron chi connectivity index (χ0n) is 19.3. The van der Waals surface area contributed by atoms with Crippen molar-refractivity contribution in [1.82, 2.24) is 10.2 Å². The van der Waals surface area contributed by atoms with E-state index in [-0.39, 0.29) is 34.2 Å². The molecule has 15 heteroatoms. The Morgan fingerprint density at radius 3 is 2.69 bits per heavy atom. The van der Waals surface area contributed by atoms with Crippen molar-refractivity contribution in [2.24, 2.45) is 10.2 Å². The van der Waals surface area contributed by atoms with E-state index in [9.17, 15) is 26.4 Å². The summed E-state index contributed by atoms with van der Waals surface area (Å²) in [5, 5.41) is 15.1. The number of aromatic nitrogens is 2. The van der Waals surface area contributed by atoms with Crippen molar-refractivity contribution in [2.45, 2.75) is 58.0 Å². The first-order valence-corrected chi connectivity index (χ1v) is 13.2. The molecule has 1 aromatic heterocycles. The lowest BCUT2D eigenvalue weighted by Gasteiger charge is -2.35. The van der Waals surface area contributed by atoms with Crippen LogP contribution in [-0.2, 0) is 21.2 Å². The summed E-state index contributed by atoms with van der Waals surface area (Å²) in [5.41, 5.74) is -4.59. The van der Waals surface area contributed by atoms with Crippen LogP contribution in [0, 0.1) is 0 Å². The van der Waals surface area contributed by atoms with Crippen molar-refractivity contribution in [2.75, 3.05) is 22.8 Å². The second-order valence-corrected chi connectivity index (χ2v) is 10.6. The number of benzene rings is 1. The number of ether oxygens (including phenoxy) is 1. The maximum Gasteiger partial charge on any atom is 0.516 e. The molecule has 1 aliphatic heterocycles. The fourth-order valence-corrected chi connectivity index (χ4v) is 4.49. The number of esters is 1. The van der Waals surface area contributed by atoms with Crippen molar-refractivity contribution < 1.29 is 31.1 Å². The van der Waals surface area contributed by atoms with Gasteiger partial charge in [0.1, 0.15) is 5.69 Å². The average molecular weight is 535 g/mol. The maximum absolute atomic E-state index is 13.1. The molecule has 0 amide bonds. The largest absolute Gasteiger partial charge is 0.516 e. The summed E-state index contributed by atoms with van der Waals surface area (Å²) in [4.78, 5) is 14.0. The number of hydrogen-bond donors (Lipinski definition) is 1. The van der Waals surface area contributed by atoms with Crippen molar-refractivity contribution in [3.63, 3.8) is 0 Å². The smallest absolute Gasteiger partial charge is 0.460 e. The molecule has 0 spiro atoms. The van der Waals surface area contributed by atoms with Crippen LogP contribution in [-0.4, -0.2) is 49.3 Å². The molecule has 0 fully saturated rings. The third-order valence-corrected chi connectivity index (χ3v) is 6.97. The lowest BCUT2D eigenvalue weighted by atomic mass is 9.99. The molecule has 35 heavy (non-hydrogen) atoms. The van der Waals surface area contributed by atoms with Gasteiger partial charge in [0, 0.05) is 18.3 Å². The number of sulfonamides is 1. The molecule has 0 bridgehead atoms. The third kappa shape index (κ3) is 6.45. The molecule has 0 unspecified atom stereocenters. The molecule has 0 atom stereocenters. The first kappa shape index (κ1) is 26.8. The number of hydrogen-bond acceptors (Lipinski definition) is 10. The topological polar surface area (TPSA) is 126 Å². The van der Waals surface area contributed by atoms with Gasteiger partial charge in [-0.25, -0.2) is 4.79 Å². The molecule has 192 valence electrons. The number of anilines is 2. The van der Waals surface area contributed by atoms with Crippen molar-refractivity contribution >= 4 is 49.5 Å². The van der Waals surface area contributed by atoms with Gasteiger partial charge < -0.3 is 9.64 Å². The number of unbranched alkanes of at least 4 members (excludes halogenated alkanes) is 1. The quantitative estimate of drug-likeness (QED) is 0.262. The lowest BCUT2D eigenvalue weighted by molar-refractivity contribution is -0.0429. The number of nitrogens with zero attached hydrogens (tertiary/aromatic N) is 5. The van der Waals surface area contributed by atoms with Gasteiger partial charge >= 0.3 is 21.5 Å². The van der Waals surface area contributed by atoms with Gasteiger partial charge in [0.05, 0.1) is 12.3 Å². The summed E-state index contributed by atoms with van der Waals surface area (Å²) in [6.45, 7) is 6.72. The summed E-state index contributed by atoms with van der Waals surface area (Å²) in [6.07, 6.45) is 2.99. The van der Waals surface area contributed by atoms with Gasteiger partial charge in [-0.3, -0.25) is 4.72 Å². The Morgan fingerprint density at radius 2 is 2.03 bits per heavy atom. The highest BCUT2D eigenvalue weighted by Crippen LogP contribution is 2.40. The summed E-state index contributed by atoms with van der Waals surface area (Å²) >= 11 is 0.791. The van der Waals surface area contributed by atoms with Gasteiger partial charge in [0.15, 0.2) is 0 Å². The number of carbonyl (C=O) groups excluding carboxylic acids is 1. The van der Waals surface area contributed by atoms with Crippen LogP contribution in [0.2, 0.25) is 0 Å². The number of rotatable bonds is 9. The molecular formula is C20H25F3N6O4S2. The number of halogens is 3. The molecular weight excluding hydrogens is 509 g/mol. The molecule has 1 aromatic carbocycles. The summed E-state index contributed by atoms with van der Waals surface area (Å²) in [7, 11) is -5.70. The van der Waals surface area contributed by atoms with Crippen LogP contribution in [0.3, 0.4) is 0 Å². The zero-order valence-corrected chi connectivity index (χ0v) is 20.9. The van der Waals surface area contributed by atoms with Crippen LogP contribution < -0.4 is 9.62 Å². The maximum atomic E-state index is 13.1. The van der Waals surface area contributed by atoms with Gasteiger partial charge in [0.2, 0.25) is 5.01 Å². The molecule has 10 nitrogen and oxygen atoms in total. The van der Waals surface area contributed by atoms with Crippen LogP contribution in [0.5, 0.6) is 0 Å². The molecule has 2 heterocycles. The van der Waals surface area contributed by atoms with Gasteiger partial charge in [-0.1, -0.05) is 24.7 Å². The van der Waals surface area contributed by atoms with Crippen LogP contribution in [0.4, 0.5) is 35.4 Å². The van der Waals surface area contributed by atoms with Gasteiger partial charge in [-0.15, -0.1) is 20.4 Å². The van der Waals surface area contributed by atoms with E-state index in [1.54, 1.807) is 4.72 Å². The molecule has 3 rings (SSSR count). The predicted molar refractivity (Wildman–Crippen MR) is 125 cm³/mol. The Kier molecular flexibility index (Phi) is 8.30. The van der Waals surface area contributed by atoms with Crippen LogP contribution in [0.25, 0.3) is 0 Å². The number of carbonyl (C=O) groups is 1. The normalized spacial score (nSPS) is 14.4. The summed E-state index contributed by atoms with van der Waals surface area (Å²) in [5.74, 6) is -0.668. The minimum absolute atomic E-state index is 0.0430. The molecule has 0 saturated heterocycles. The van der Waals surface area contributed by atoms with Crippen LogP contribution in [0.1, 0.15) is 55.4 Å². The van der Waals surface area contributed by atoms with Crippen molar-refractivity contribution in [3.05, 3.63) is 22.7 Å². The second-order valence-electron chi connectivity index (χ2n) is 8.02. The first-order chi connectivity index (χ1) is 16.4. The Bertz CT molecular complexity index is 1200. The molecule has 0 radical (unpaired) electrons. The van der Waals surface area contributed by atoms with Crippen LogP contribution in [0.15, 0.2) is 22.4 Å². The van der Waals surface area contributed by atoms with E-state index in [0.717, 1.165) is 29.7 Å². The monoisotopic (exact) mass is 534 g/mol. The third-order valence-electron chi connectivity index (χ3n) is 5.09. The number of azo groups is 1. The highest BCUT2D eigenvalue weighted by molar-refractivity contribution is 7.93.